The van der Waals surface area contributed by atoms with E-state index in [1.165, 1.54) is 18.4 Å². The number of halogens is 1. The van der Waals surface area contributed by atoms with Crippen LogP contribution in [0.2, 0.25) is 0 Å². The van der Waals surface area contributed by atoms with Gasteiger partial charge < -0.3 is 4.74 Å². The average Bonchev–Trinajstić information content (AvgIpc) is 3.17. The first-order chi connectivity index (χ1) is 14.4. The smallest absolute Gasteiger partial charge is 0.175 e. The number of para-hydroxylation sites is 1. The summed E-state index contributed by atoms with van der Waals surface area (Å²) in [6.45, 7) is 0.717. The summed E-state index contributed by atoms with van der Waals surface area (Å²) in [4.78, 5) is 6.98. The van der Waals surface area contributed by atoms with E-state index in [0.29, 0.717) is 13.4 Å². The highest BCUT2D eigenvalue weighted by Gasteiger charge is 2.32. The second kappa shape index (κ2) is 8.38. The molecule has 1 aliphatic rings. The van der Waals surface area contributed by atoms with Crippen LogP contribution in [0.1, 0.15) is 17.2 Å². The molecule has 1 aliphatic heterocycles. The van der Waals surface area contributed by atoms with Gasteiger partial charge in [-0.1, -0.05) is 42.5 Å². The molecule has 7 heteroatoms. The molecule has 154 valence electrons. The number of benzene rings is 3. The van der Waals surface area contributed by atoms with Gasteiger partial charge in [0.15, 0.2) is 9.84 Å². The highest BCUT2D eigenvalue weighted by Crippen LogP contribution is 2.31. The molecule has 1 atom stereocenters. The second-order valence-corrected chi connectivity index (χ2v) is 9.13. The normalized spacial score (nSPS) is 17.0. The van der Waals surface area contributed by atoms with Crippen molar-refractivity contribution in [2.24, 2.45) is 4.99 Å². The van der Waals surface area contributed by atoms with Gasteiger partial charge in [0, 0.05) is 6.26 Å². The molecule has 5 nitrogen and oxygen atoms in total. The van der Waals surface area contributed by atoms with Crippen molar-refractivity contribution in [3.8, 4) is 5.75 Å². The second-order valence-electron chi connectivity index (χ2n) is 7.11. The van der Waals surface area contributed by atoms with E-state index in [9.17, 15) is 12.8 Å². The number of nitrogens with zero attached hydrogens (tertiary/aromatic N) is 2. The van der Waals surface area contributed by atoms with Crippen molar-refractivity contribution < 1.29 is 17.5 Å². The van der Waals surface area contributed by atoms with Crippen LogP contribution in [0, 0.1) is 5.82 Å². The lowest BCUT2D eigenvalue weighted by molar-refractivity contribution is 0.122. The lowest BCUT2D eigenvalue weighted by Crippen LogP contribution is -2.32. The summed E-state index contributed by atoms with van der Waals surface area (Å²) < 4.78 is 43.0. The molecule has 0 aromatic heterocycles. The molecule has 0 amide bonds. The minimum Gasteiger partial charge on any atom is -0.478 e. The number of aliphatic imine (C=N–C) groups is 1. The van der Waals surface area contributed by atoms with Crippen LogP contribution in [-0.4, -0.2) is 38.7 Å². The van der Waals surface area contributed by atoms with Gasteiger partial charge in [-0.25, -0.2) is 17.7 Å². The predicted octanol–water partition coefficient (Wildman–Crippen LogP) is 4.07. The lowest BCUT2D eigenvalue weighted by Gasteiger charge is -2.26. The SMILES string of the molecule is CS(=O)(=O)c1ccc(C2C(c3ccc(F)cc3)=NCN2COc2ccccc2)cc1. The summed E-state index contributed by atoms with van der Waals surface area (Å²) in [5.41, 5.74) is 2.49. The molecule has 0 bridgehead atoms. The minimum absolute atomic E-state index is 0.243. The van der Waals surface area contributed by atoms with E-state index in [1.807, 2.05) is 35.2 Å². The maximum Gasteiger partial charge on any atom is 0.175 e. The van der Waals surface area contributed by atoms with Crippen LogP contribution >= 0.6 is 0 Å². The Hall–Kier alpha value is -3.03. The van der Waals surface area contributed by atoms with E-state index in [-0.39, 0.29) is 16.8 Å². The summed E-state index contributed by atoms with van der Waals surface area (Å²) in [5.74, 6) is 0.439. The molecule has 3 aromatic carbocycles. The molecule has 0 spiro atoms. The third-order valence-corrected chi connectivity index (χ3v) is 6.08. The summed E-state index contributed by atoms with van der Waals surface area (Å²) in [5, 5.41) is 0. The van der Waals surface area contributed by atoms with E-state index >= 15 is 0 Å². The number of sulfone groups is 1. The van der Waals surface area contributed by atoms with Crippen molar-refractivity contribution in [2.45, 2.75) is 10.9 Å². The Morgan fingerprint density at radius 3 is 2.30 bits per heavy atom. The van der Waals surface area contributed by atoms with Crippen molar-refractivity contribution >= 4 is 15.5 Å². The van der Waals surface area contributed by atoms with Crippen molar-refractivity contribution in [3.05, 3.63) is 95.8 Å². The quantitative estimate of drug-likeness (QED) is 0.599. The van der Waals surface area contributed by atoms with Crippen LogP contribution in [0.15, 0.2) is 88.8 Å². The fourth-order valence-corrected chi connectivity index (χ4v) is 4.06. The van der Waals surface area contributed by atoms with Gasteiger partial charge >= 0.3 is 0 Å². The number of ether oxygens (including phenoxy) is 1. The molecule has 0 radical (unpaired) electrons. The number of hydrogen-bond acceptors (Lipinski definition) is 5. The molecule has 0 aliphatic carbocycles. The Kier molecular flexibility index (Phi) is 5.65. The van der Waals surface area contributed by atoms with Gasteiger partial charge in [0.2, 0.25) is 0 Å². The van der Waals surface area contributed by atoms with Crippen LogP contribution in [0.3, 0.4) is 0 Å². The third-order valence-electron chi connectivity index (χ3n) is 4.95. The first kappa shape index (κ1) is 20.3. The van der Waals surface area contributed by atoms with E-state index in [4.69, 9.17) is 4.74 Å². The summed E-state index contributed by atoms with van der Waals surface area (Å²) in [7, 11) is -3.28. The summed E-state index contributed by atoms with van der Waals surface area (Å²) in [6.07, 6.45) is 1.18. The van der Waals surface area contributed by atoms with Crippen molar-refractivity contribution in [1.82, 2.24) is 4.90 Å². The molecular formula is C23H21FN2O3S. The predicted molar refractivity (Wildman–Crippen MR) is 114 cm³/mol. The fourth-order valence-electron chi connectivity index (χ4n) is 3.43. The van der Waals surface area contributed by atoms with Gasteiger partial charge in [0.05, 0.1) is 23.3 Å². The lowest BCUT2D eigenvalue weighted by atomic mass is 9.96. The van der Waals surface area contributed by atoms with E-state index < -0.39 is 9.84 Å². The van der Waals surface area contributed by atoms with Crippen LogP contribution < -0.4 is 4.74 Å². The fraction of sp³-hybridized carbons (Fsp3) is 0.174. The number of rotatable bonds is 6. The molecule has 30 heavy (non-hydrogen) atoms. The highest BCUT2D eigenvalue weighted by molar-refractivity contribution is 7.90. The molecule has 0 fully saturated rings. The Bertz CT molecular complexity index is 1150. The largest absolute Gasteiger partial charge is 0.478 e. The zero-order valence-electron chi connectivity index (χ0n) is 16.4. The molecule has 0 saturated carbocycles. The molecule has 0 N–H and O–H groups in total. The first-order valence-electron chi connectivity index (χ1n) is 9.44. The van der Waals surface area contributed by atoms with Gasteiger partial charge in [0.25, 0.3) is 0 Å². The van der Waals surface area contributed by atoms with E-state index in [1.54, 1.807) is 36.4 Å². The van der Waals surface area contributed by atoms with E-state index in [2.05, 4.69) is 4.99 Å². The van der Waals surface area contributed by atoms with Crippen LogP contribution in [0.5, 0.6) is 5.75 Å². The van der Waals surface area contributed by atoms with Gasteiger partial charge in [-0.2, -0.15) is 0 Å². The monoisotopic (exact) mass is 424 g/mol. The summed E-state index contributed by atoms with van der Waals surface area (Å²) in [6, 6.07) is 22.3. The Morgan fingerprint density at radius 1 is 1.00 bits per heavy atom. The number of hydrogen-bond donors (Lipinski definition) is 0. The van der Waals surface area contributed by atoms with Crippen LogP contribution in [0.4, 0.5) is 4.39 Å². The Labute approximate surface area is 175 Å². The average molecular weight is 424 g/mol. The van der Waals surface area contributed by atoms with Crippen molar-refractivity contribution in [1.29, 1.82) is 0 Å². The van der Waals surface area contributed by atoms with Crippen molar-refractivity contribution in [3.63, 3.8) is 0 Å². The van der Waals surface area contributed by atoms with Gasteiger partial charge in [-0.15, -0.1) is 0 Å². The zero-order valence-corrected chi connectivity index (χ0v) is 17.2. The topological polar surface area (TPSA) is 59.0 Å². The maximum absolute atomic E-state index is 13.4. The summed E-state index contributed by atoms with van der Waals surface area (Å²) >= 11 is 0. The van der Waals surface area contributed by atoms with Crippen LogP contribution in [-0.2, 0) is 9.84 Å². The van der Waals surface area contributed by atoms with Crippen molar-refractivity contribution in [2.75, 3.05) is 19.7 Å². The Morgan fingerprint density at radius 2 is 1.67 bits per heavy atom. The minimum atomic E-state index is -3.28. The van der Waals surface area contributed by atoms with E-state index in [0.717, 1.165) is 22.6 Å². The molecule has 0 saturated heterocycles. The molecule has 4 rings (SSSR count). The molecule has 1 heterocycles. The standard InChI is InChI=1S/C23H21FN2O3S/c1-30(27,28)21-13-9-18(10-14-21)23-22(17-7-11-19(24)12-8-17)25-15-26(23)16-29-20-5-3-2-4-6-20/h2-14,23H,15-16H2,1H3. The first-order valence-corrected chi connectivity index (χ1v) is 11.3. The molecular weight excluding hydrogens is 403 g/mol. The highest BCUT2D eigenvalue weighted by atomic mass is 32.2. The molecule has 1 unspecified atom stereocenters. The van der Waals surface area contributed by atoms with Gasteiger partial charge in [-0.05, 0) is 47.5 Å². The zero-order chi connectivity index (χ0) is 21.1. The van der Waals surface area contributed by atoms with Gasteiger partial charge in [-0.3, -0.25) is 4.99 Å². The Balaban J connectivity index is 1.64. The maximum atomic E-state index is 13.4. The van der Waals surface area contributed by atoms with Crippen LogP contribution in [0.25, 0.3) is 0 Å². The third kappa shape index (κ3) is 4.42. The van der Waals surface area contributed by atoms with Gasteiger partial charge in [0.1, 0.15) is 18.3 Å². The molecule has 3 aromatic rings.